The molecule has 1 aromatic carbocycles. The van der Waals surface area contributed by atoms with Crippen molar-refractivity contribution in [2.24, 2.45) is 0 Å². The van der Waals surface area contributed by atoms with Crippen LogP contribution in [0.25, 0.3) is 0 Å². The van der Waals surface area contributed by atoms with E-state index in [-0.39, 0.29) is 0 Å². The Bertz CT molecular complexity index is 752. The van der Waals surface area contributed by atoms with Gasteiger partial charge in [0.05, 0.1) is 31.5 Å². The van der Waals surface area contributed by atoms with Crippen LogP contribution < -0.4 is 14.6 Å². The number of aromatic nitrogens is 1. The largest absolute Gasteiger partial charge is 0.462 e. The molecule has 0 amide bonds. The molecular weight excluding hydrogens is 320 g/mol. The Morgan fingerprint density at radius 1 is 1.08 bits per heavy atom. The highest BCUT2D eigenvalue weighted by Gasteiger charge is 2.27. The minimum absolute atomic E-state index is 0.319. The molecule has 1 aliphatic rings. The summed E-state index contributed by atoms with van der Waals surface area (Å²) in [6, 6.07) is 9.87. The fraction of sp³-hybridized carbons (Fsp3) is 0.316. The lowest BCUT2D eigenvalue weighted by Crippen LogP contribution is -2.29. The first-order valence-electron chi connectivity index (χ1n) is 8.44. The zero-order chi connectivity index (χ0) is 17.6. The van der Waals surface area contributed by atoms with Crippen molar-refractivity contribution in [1.82, 2.24) is 0 Å². The van der Waals surface area contributed by atoms with E-state index in [1.54, 1.807) is 49.5 Å². The highest BCUT2D eigenvalue weighted by molar-refractivity contribution is 5.95. The molecule has 6 nitrogen and oxygen atoms in total. The molecule has 0 aliphatic carbocycles. The molecule has 0 radical (unpaired) electrons. The molecule has 25 heavy (non-hydrogen) atoms. The molecule has 2 aromatic rings. The summed E-state index contributed by atoms with van der Waals surface area (Å²) in [4.78, 5) is 29.5. The van der Waals surface area contributed by atoms with E-state index in [0.29, 0.717) is 23.5 Å². The smallest absolute Gasteiger partial charge is 0.351 e. The molecule has 2 heterocycles. The van der Waals surface area contributed by atoms with E-state index in [2.05, 4.69) is 9.88 Å². The lowest BCUT2D eigenvalue weighted by molar-refractivity contribution is -0.364. The van der Waals surface area contributed by atoms with Gasteiger partial charge in [0, 0.05) is 0 Å². The second kappa shape index (κ2) is 7.79. The SMILES string of the molecule is CCOC(=O)c1ccc(OC(=O)c2ccc[nH+]c2N2CCCC2)cc1. The number of anilines is 1. The Morgan fingerprint density at radius 2 is 1.80 bits per heavy atom. The van der Waals surface area contributed by atoms with Crippen LogP contribution in [-0.4, -0.2) is 31.6 Å². The van der Waals surface area contributed by atoms with Crippen LogP contribution in [0.3, 0.4) is 0 Å². The predicted molar refractivity (Wildman–Crippen MR) is 91.8 cm³/mol. The van der Waals surface area contributed by atoms with Crippen LogP contribution in [0, 0.1) is 0 Å². The number of ether oxygens (including phenoxy) is 2. The molecule has 0 atom stereocenters. The summed E-state index contributed by atoms with van der Waals surface area (Å²) in [5.41, 5.74) is 0.923. The minimum atomic E-state index is -0.428. The Kier molecular flexibility index (Phi) is 5.28. The van der Waals surface area contributed by atoms with Crippen molar-refractivity contribution in [2.45, 2.75) is 19.8 Å². The Balaban J connectivity index is 1.73. The van der Waals surface area contributed by atoms with Gasteiger partial charge in [0.1, 0.15) is 11.3 Å². The van der Waals surface area contributed by atoms with Crippen LogP contribution in [0.1, 0.15) is 40.5 Å². The molecule has 130 valence electrons. The number of carbonyl (C=O) groups excluding carboxylic acids is 2. The molecule has 1 aromatic heterocycles. The minimum Gasteiger partial charge on any atom is -0.462 e. The van der Waals surface area contributed by atoms with Crippen LogP contribution in [0.5, 0.6) is 5.75 Å². The number of carbonyl (C=O) groups is 2. The van der Waals surface area contributed by atoms with Gasteiger partial charge in [0.25, 0.3) is 5.82 Å². The van der Waals surface area contributed by atoms with Crippen molar-refractivity contribution in [3.63, 3.8) is 0 Å². The number of pyridine rings is 1. The van der Waals surface area contributed by atoms with Crippen LogP contribution in [0.15, 0.2) is 42.6 Å². The van der Waals surface area contributed by atoms with Crippen LogP contribution in [-0.2, 0) is 4.74 Å². The van der Waals surface area contributed by atoms with Crippen molar-refractivity contribution < 1.29 is 24.0 Å². The van der Waals surface area contributed by atoms with Crippen molar-refractivity contribution in [2.75, 3.05) is 24.6 Å². The standard InChI is InChI=1S/C19H20N2O4/c1-2-24-18(22)14-7-9-15(10-8-14)25-19(23)16-6-5-11-20-17(16)21-12-3-4-13-21/h5-11H,2-4,12-13H2,1H3/p+1. The molecular formula is C19H21N2O4+. The highest BCUT2D eigenvalue weighted by atomic mass is 16.5. The third kappa shape index (κ3) is 3.96. The van der Waals surface area contributed by atoms with Gasteiger partial charge in [-0.1, -0.05) is 0 Å². The fourth-order valence-corrected chi connectivity index (χ4v) is 2.83. The number of esters is 2. The van der Waals surface area contributed by atoms with E-state index in [0.717, 1.165) is 31.7 Å². The molecule has 1 N–H and O–H groups in total. The van der Waals surface area contributed by atoms with Crippen molar-refractivity contribution >= 4 is 17.8 Å². The quantitative estimate of drug-likeness (QED) is 0.617. The number of benzene rings is 1. The third-order valence-electron chi connectivity index (χ3n) is 4.05. The maximum Gasteiger partial charge on any atom is 0.351 e. The highest BCUT2D eigenvalue weighted by Crippen LogP contribution is 2.22. The maximum atomic E-state index is 12.6. The van der Waals surface area contributed by atoms with Gasteiger partial charge in [0.15, 0.2) is 0 Å². The second-order valence-corrected chi connectivity index (χ2v) is 5.76. The lowest BCUT2D eigenvalue weighted by Gasteiger charge is -2.12. The normalized spacial score (nSPS) is 13.6. The van der Waals surface area contributed by atoms with Gasteiger partial charge in [0.2, 0.25) is 0 Å². The lowest BCUT2D eigenvalue weighted by atomic mass is 10.2. The second-order valence-electron chi connectivity index (χ2n) is 5.76. The Morgan fingerprint density at radius 3 is 2.48 bits per heavy atom. The summed E-state index contributed by atoms with van der Waals surface area (Å²) in [7, 11) is 0. The van der Waals surface area contributed by atoms with Gasteiger partial charge in [-0.3, -0.25) is 4.90 Å². The van der Waals surface area contributed by atoms with Gasteiger partial charge < -0.3 is 9.47 Å². The third-order valence-corrected chi connectivity index (χ3v) is 4.05. The summed E-state index contributed by atoms with van der Waals surface area (Å²) in [6.45, 7) is 3.92. The summed E-state index contributed by atoms with van der Waals surface area (Å²) in [5.74, 6) is 0.347. The number of nitrogens with zero attached hydrogens (tertiary/aromatic N) is 1. The monoisotopic (exact) mass is 341 g/mol. The first-order valence-corrected chi connectivity index (χ1v) is 8.44. The number of H-pyrrole nitrogens is 1. The Labute approximate surface area is 146 Å². The van der Waals surface area contributed by atoms with Crippen molar-refractivity contribution in [1.29, 1.82) is 0 Å². The van der Waals surface area contributed by atoms with Gasteiger partial charge >= 0.3 is 11.9 Å². The van der Waals surface area contributed by atoms with Crippen LogP contribution >= 0.6 is 0 Å². The van der Waals surface area contributed by atoms with Gasteiger partial charge in [-0.25, -0.2) is 14.6 Å². The summed E-state index contributed by atoms with van der Waals surface area (Å²) in [6.07, 6.45) is 4.04. The van der Waals surface area contributed by atoms with Crippen molar-refractivity contribution in [3.8, 4) is 5.75 Å². The summed E-state index contributed by atoms with van der Waals surface area (Å²) in [5, 5.41) is 0. The summed E-state index contributed by atoms with van der Waals surface area (Å²) < 4.78 is 10.4. The molecule has 0 unspecified atom stereocenters. The van der Waals surface area contributed by atoms with E-state index in [9.17, 15) is 9.59 Å². The van der Waals surface area contributed by atoms with E-state index in [1.807, 2.05) is 0 Å². The van der Waals surface area contributed by atoms with E-state index < -0.39 is 11.9 Å². The summed E-state index contributed by atoms with van der Waals surface area (Å²) >= 11 is 0. The first-order chi connectivity index (χ1) is 12.2. The zero-order valence-corrected chi connectivity index (χ0v) is 14.2. The molecule has 1 fully saturated rings. The van der Waals surface area contributed by atoms with E-state index in [1.165, 1.54) is 0 Å². The molecule has 3 rings (SSSR count). The average Bonchev–Trinajstić information content (AvgIpc) is 3.17. The molecule has 6 heteroatoms. The van der Waals surface area contributed by atoms with E-state index in [4.69, 9.17) is 9.47 Å². The number of nitrogens with one attached hydrogen (secondary N) is 1. The van der Waals surface area contributed by atoms with Gasteiger partial charge in [-0.05, 0) is 56.2 Å². The van der Waals surface area contributed by atoms with Crippen LogP contribution in [0.2, 0.25) is 0 Å². The van der Waals surface area contributed by atoms with Gasteiger partial charge in [-0.15, -0.1) is 0 Å². The number of aromatic amines is 1. The van der Waals surface area contributed by atoms with Gasteiger partial charge in [-0.2, -0.15) is 0 Å². The van der Waals surface area contributed by atoms with Crippen molar-refractivity contribution in [3.05, 3.63) is 53.7 Å². The van der Waals surface area contributed by atoms with Crippen LogP contribution in [0.4, 0.5) is 5.82 Å². The fourth-order valence-electron chi connectivity index (χ4n) is 2.83. The molecule has 0 bridgehead atoms. The number of hydrogen-bond acceptors (Lipinski definition) is 5. The number of rotatable bonds is 5. The molecule has 1 aliphatic heterocycles. The molecule has 0 spiro atoms. The topological polar surface area (TPSA) is 70.0 Å². The predicted octanol–water partition coefficient (Wildman–Crippen LogP) is 2.50. The zero-order valence-electron chi connectivity index (χ0n) is 14.2. The maximum absolute atomic E-state index is 12.6. The average molecular weight is 341 g/mol. The molecule has 0 saturated carbocycles. The first kappa shape index (κ1) is 17.0. The number of hydrogen-bond donors (Lipinski definition) is 0. The molecule has 1 saturated heterocycles. The Hall–Kier alpha value is -2.89. The van der Waals surface area contributed by atoms with E-state index >= 15 is 0 Å².